The van der Waals surface area contributed by atoms with E-state index in [0.29, 0.717) is 11.7 Å². The van der Waals surface area contributed by atoms with Gasteiger partial charge in [-0.05, 0) is 49.4 Å². The number of carbonyl (C=O) groups is 1. The number of rotatable bonds is 16. The maximum Gasteiger partial charge on any atom is 0.166 e. The number of aromatic hydroxyl groups is 1. The summed E-state index contributed by atoms with van der Waals surface area (Å²) in [7, 11) is 0. The molecule has 0 spiro atoms. The van der Waals surface area contributed by atoms with Crippen LogP contribution in [0.5, 0.6) is 5.75 Å². The smallest absolute Gasteiger partial charge is 0.166 e. The second kappa shape index (κ2) is 15.5. The Morgan fingerprint density at radius 1 is 0.800 bits per heavy atom. The highest BCUT2D eigenvalue weighted by atomic mass is 16.3. The number of phenols is 1. The highest BCUT2D eigenvalue weighted by molar-refractivity contribution is 5.98. The third-order valence-electron chi connectivity index (χ3n) is 7.08. The van der Waals surface area contributed by atoms with Crippen LogP contribution in [-0.2, 0) is 0 Å². The lowest BCUT2D eigenvalue weighted by molar-refractivity contribution is 0.0830. The van der Waals surface area contributed by atoms with Gasteiger partial charge in [-0.1, -0.05) is 103 Å². The van der Waals surface area contributed by atoms with Crippen LogP contribution in [0, 0.1) is 11.8 Å². The first-order valence-corrected chi connectivity index (χ1v) is 13.1. The van der Waals surface area contributed by atoms with Gasteiger partial charge in [-0.2, -0.15) is 0 Å². The van der Waals surface area contributed by atoms with E-state index in [-0.39, 0.29) is 11.7 Å². The number of hydrogen-bond donors (Lipinski definition) is 1. The van der Waals surface area contributed by atoms with Crippen molar-refractivity contribution < 1.29 is 9.90 Å². The van der Waals surface area contributed by atoms with Crippen molar-refractivity contribution in [3.05, 3.63) is 29.8 Å². The fourth-order valence-electron chi connectivity index (χ4n) is 5.16. The van der Waals surface area contributed by atoms with Gasteiger partial charge in [0.05, 0.1) is 0 Å². The first-order valence-electron chi connectivity index (χ1n) is 13.1. The second-order valence-corrected chi connectivity index (χ2v) is 9.59. The van der Waals surface area contributed by atoms with Crippen molar-refractivity contribution in [2.24, 2.45) is 11.8 Å². The highest BCUT2D eigenvalue weighted by Crippen LogP contribution is 2.35. The van der Waals surface area contributed by atoms with Crippen molar-refractivity contribution in [3.8, 4) is 5.75 Å². The predicted octanol–water partition coefficient (Wildman–Crippen LogP) is 8.86. The van der Waals surface area contributed by atoms with Gasteiger partial charge in [-0.25, -0.2) is 0 Å². The lowest BCUT2D eigenvalue weighted by Crippen LogP contribution is -2.26. The van der Waals surface area contributed by atoms with E-state index < -0.39 is 0 Å². The third kappa shape index (κ3) is 9.67. The molecule has 0 aliphatic heterocycles. The summed E-state index contributed by atoms with van der Waals surface area (Å²) in [4.78, 5) is 13.2. The van der Waals surface area contributed by atoms with Gasteiger partial charge in [-0.15, -0.1) is 0 Å². The van der Waals surface area contributed by atoms with Crippen LogP contribution < -0.4 is 0 Å². The first kappa shape index (κ1) is 25.0. The number of benzene rings is 1. The Labute approximate surface area is 185 Å². The number of unbranched alkanes of at least 4 members (excludes halogenated alkanes) is 11. The molecule has 1 atom stereocenters. The van der Waals surface area contributed by atoms with E-state index in [2.05, 4.69) is 6.92 Å². The first-order chi connectivity index (χ1) is 14.7. The lowest BCUT2D eigenvalue weighted by Gasteiger charge is -2.29. The highest BCUT2D eigenvalue weighted by Gasteiger charge is 2.29. The number of carbonyl (C=O) groups excluding carboxylic acids is 1. The molecule has 2 heteroatoms. The molecule has 1 N–H and O–H groups in total. The van der Waals surface area contributed by atoms with Crippen molar-refractivity contribution in [3.63, 3.8) is 0 Å². The molecule has 2 nitrogen and oxygen atoms in total. The molecule has 0 amide bonds. The Morgan fingerprint density at radius 3 is 1.83 bits per heavy atom. The van der Waals surface area contributed by atoms with Crippen LogP contribution in [-0.4, -0.2) is 10.9 Å². The molecule has 0 saturated heterocycles. The molecule has 0 bridgehead atoms. The fourth-order valence-corrected chi connectivity index (χ4v) is 5.16. The van der Waals surface area contributed by atoms with E-state index in [4.69, 9.17) is 0 Å². The molecule has 1 saturated carbocycles. The summed E-state index contributed by atoms with van der Waals surface area (Å²) in [6.07, 6.45) is 23.7. The largest absolute Gasteiger partial charge is 0.508 e. The van der Waals surface area contributed by atoms with Gasteiger partial charge >= 0.3 is 0 Å². The summed E-state index contributed by atoms with van der Waals surface area (Å²) in [5.74, 6) is 1.29. The minimum Gasteiger partial charge on any atom is -0.508 e. The lowest BCUT2D eigenvalue weighted by atomic mass is 9.74. The molecule has 2 rings (SSSR count). The summed E-state index contributed by atoms with van der Waals surface area (Å²) in [6.45, 7) is 2.28. The van der Waals surface area contributed by atoms with Crippen molar-refractivity contribution in [2.75, 3.05) is 0 Å². The monoisotopic (exact) mass is 414 g/mol. The molecule has 0 aromatic heterocycles. The van der Waals surface area contributed by atoms with Crippen molar-refractivity contribution in [2.45, 2.75) is 122 Å². The van der Waals surface area contributed by atoms with Crippen LogP contribution in [0.4, 0.5) is 0 Å². The van der Waals surface area contributed by atoms with E-state index in [1.165, 1.54) is 109 Å². The quantitative estimate of drug-likeness (QED) is 0.216. The van der Waals surface area contributed by atoms with Gasteiger partial charge in [0.1, 0.15) is 5.75 Å². The van der Waals surface area contributed by atoms with Crippen LogP contribution in [0.25, 0.3) is 0 Å². The molecule has 0 heterocycles. The predicted molar refractivity (Wildman–Crippen MR) is 128 cm³/mol. The van der Waals surface area contributed by atoms with Crippen molar-refractivity contribution >= 4 is 5.78 Å². The summed E-state index contributed by atoms with van der Waals surface area (Å²) in [5, 5.41) is 9.54. The standard InChI is InChI=1S/C28H46O2/c1-2-3-4-5-6-7-8-9-10-11-12-16-19-27(24-17-14-13-15-18-24)28(30)25-20-22-26(29)23-21-25/h20-24,27,29H,2-19H2,1H3. The van der Waals surface area contributed by atoms with Gasteiger partial charge in [0.15, 0.2) is 5.78 Å². The fraction of sp³-hybridized carbons (Fsp3) is 0.750. The van der Waals surface area contributed by atoms with Crippen LogP contribution in [0.15, 0.2) is 24.3 Å². The van der Waals surface area contributed by atoms with Crippen LogP contribution in [0.2, 0.25) is 0 Å². The molecule has 1 aromatic carbocycles. The Kier molecular flexibility index (Phi) is 12.9. The number of phenolic OH excluding ortho intramolecular Hbond substituents is 1. The summed E-state index contributed by atoms with van der Waals surface area (Å²) >= 11 is 0. The van der Waals surface area contributed by atoms with E-state index in [1.54, 1.807) is 24.3 Å². The van der Waals surface area contributed by atoms with Crippen LogP contribution >= 0.6 is 0 Å². The molecule has 1 fully saturated rings. The van der Waals surface area contributed by atoms with E-state index in [0.717, 1.165) is 12.0 Å². The van der Waals surface area contributed by atoms with Gasteiger partial charge in [0.25, 0.3) is 0 Å². The zero-order chi connectivity index (χ0) is 21.4. The Balaban J connectivity index is 1.65. The molecule has 1 aromatic rings. The van der Waals surface area contributed by atoms with Crippen molar-refractivity contribution in [1.29, 1.82) is 0 Å². The second-order valence-electron chi connectivity index (χ2n) is 9.59. The molecule has 1 unspecified atom stereocenters. The van der Waals surface area contributed by atoms with Crippen molar-refractivity contribution in [1.82, 2.24) is 0 Å². The third-order valence-corrected chi connectivity index (χ3v) is 7.08. The summed E-state index contributed by atoms with van der Waals surface area (Å²) in [6, 6.07) is 6.90. The zero-order valence-corrected chi connectivity index (χ0v) is 19.5. The molecule has 1 aliphatic rings. The molecule has 1 aliphatic carbocycles. The van der Waals surface area contributed by atoms with Crippen LogP contribution in [0.3, 0.4) is 0 Å². The maximum atomic E-state index is 13.2. The summed E-state index contributed by atoms with van der Waals surface area (Å²) < 4.78 is 0. The minimum absolute atomic E-state index is 0.179. The Morgan fingerprint density at radius 2 is 1.30 bits per heavy atom. The number of ketones is 1. The molecule has 0 radical (unpaired) electrons. The van der Waals surface area contributed by atoms with E-state index >= 15 is 0 Å². The number of hydrogen-bond acceptors (Lipinski definition) is 2. The van der Waals surface area contributed by atoms with Gasteiger partial charge in [-0.3, -0.25) is 4.79 Å². The van der Waals surface area contributed by atoms with E-state index in [9.17, 15) is 9.90 Å². The molecular weight excluding hydrogens is 368 g/mol. The number of Topliss-reactive ketones (excluding diaryl/α,β-unsaturated/α-hetero) is 1. The minimum atomic E-state index is 0.179. The van der Waals surface area contributed by atoms with Crippen LogP contribution in [0.1, 0.15) is 133 Å². The average Bonchev–Trinajstić information content (AvgIpc) is 2.78. The molecule has 170 valence electrons. The van der Waals surface area contributed by atoms with Gasteiger partial charge < -0.3 is 5.11 Å². The van der Waals surface area contributed by atoms with Gasteiger partial charge in [0, 0.05) is 11.5 Å². The zero-order valence-electron chi connectivity index (χ0n) is 19.5. The Bertz CT molecular complexity index is 557. The Hall–Kier alpha value is -1.31. The topological polar surface area (TPSA) is 37.3 Å². The maximum absolute atomic E-state index is 13.2. The summed E-state index contributed by atoms with van der Waals surface area (Å²) in [5.41, 5.74) is 0.780. The normalized spacial score (nSPS) is 15.9. The molecular formula is C28H46O2. The molecule has 30 heavy (non-hydrogen) atoms. The average molecular weight is 415 g/mol. The SMILES string of the molecule is CCCCCCCCCCCCCCC(C(=O)c1ccc(O)cc1)C1CCCCC1. The van der Waals surface area contributed by atoms with E-state index in [1.807, 2.05) is 0 Å². The van der Waals surface area contributed by atoms with Gasteiger partial charge in [0.2, 0.25) is 0 Å².